The molecule has 0 atom stereocenters. The molecule has 2 aromatic carbocycles. The standard InChI is InChI=1S/C31H34FN7O3/c1-5-27(40)34-21-8-6-7-20(15-21)23-17-28(41)37(4)26-18-33-30(36-29(23)26)35-25-10-9-22(16-24(25)32)39-13-11-38(12-14-39)19-31(2,3)42/h5-10,15-18,42H,1,11-14,19H2,2-4H3,(H,34,40)(H,33,35,36). The number of carbonyl (C=O) groups is 1. The SMILES string of the molecule is C=CC(=O)Nc1cccc(-c2cc(=O)n(C)c3cnc(Nc4ccc(N5CCN(CC(C)(C)O)CC5)cc4F)nc23)c1. The van der Waals surface area contributed by atoms with Crippen LogP contribution < -0.4 is 21.1 Å². The van der Waals surface area contributed by atoms with Gasteiger partial charge in [0.25, 0.3) is 5.56 Å². The van der Waals surface area contributed by atoms with Gasteiger partial charge in [-0.25, -0.2) is 14.4 Å². The lowest BCUT2D eigenvalue weighted by molar-refractivity contribution is -0.111. The number of aromatic nitrogens is 3. The summed E-state index contributed by atoms with van der Waals surface area (Å²) < 4.78 is 16.7. The predicted octanol–water partition coefficient (Wildman–Crippen LogP) is 3.90. The molecule has 1 fully saturated rings. The number of halogens is 1. The Balaban J connectivity index is 1.40. The first kappa shape index (κ1) is 28.9. The van der Waals surface area contributed by atoms with Crippen molar-refractivity contribution in [1.82, 2.24) is 19.4 Å². The number of nitrogens with zero attached hydrogens (tertiary/aromatic N) is 5. The highest BCUT2D eigenvalue weighted by Crippen LogP contribution is 2.30. The fraction of sp³-hybridized carbons (Fsp3) is 0.290. The Hall–Kier alpha value is -4.61. The van der Waals surface area contributed by atoms with Crippen LogP contribution in [0.5, 0.6) is 0 Å². The number of aryl methyl sites for hydroxylation is 1. The number of rotatable bonds is 8. The Morgan fingerprint density at radius 1 is 1.14 bits per heavy atom. The molecule has 3 N–H and O–H groups in total. The second-order valence-electron chi connectivity index (χ2n) is 11.0. The summed E-state index contributed by atoms with van der Waals surface area (Å²) in [6.07, 6.45) is 2.70. The number of anilines is 4. The van der Waals surface area contributed by atoms with E-state index in [0.717, 1.165) is 31.9 Å². The molecule has 1 aliphatic heterocycles. The fourth-order valence-electron chi connectivity index (χ4n) is 5.10. The van der Waals surface area contributed by atoms with Gasteiger partial charge in [0.2, 0.25) is 11.9 Å². The van der Waals surface area contributed by atoms with Crippen LogP contribution in [0.4, 0.5) is 27.4 Å². The van der Waals surface area contributed by atoms with Crippen LogP contribution in [0.3, 0.4) is 0 Å². The lowest BCUT2D eigenvalue weighted by Gasteiger charge is -2.38. The maximum Gasteiger partial charge on any atom is 0.251 e. The smallest absolute Gasteiger partial charge is 0.251 e. The van der Waals surface area contributed by atoms with E-state index in [1.165, 1.54) is 29.0 Å². The van der Waals surface area contributed by atoms with Crippen LogP contribution in [0.15, 0.2) is 72.2 Å². The molecule has 1 saturated heterocycles. The van der Waals surface area contributed by atoms with Crippen molar-refractivity contribution in [2.75, 3.05) is 48.3 Å². The average Bonchev–Trinajstić information content (AvgIpc) is 2.95. The molecule has 1 aliphatic rings. The zero-order chi connectivity index (χ0) is 30.0. The number of fused-ring (bicyclic) bond motifs is 1. The monoisotopic (exact) mass is 571 g/mol. The Morgan fingerprint density at radius 2 is 1.90 bits per heavy atom. The van der Waals surface area contributed by atoms with Crippen molar-refractivity contribution in [3.8, 4) is 11.1 Å². The van der Waals surface area contributed by atoms with E-state index in [9.17, 15) is 14.7 Å². The van der Waals surface area contributed by atoms with Crippen LogP contribution in [-0.2, 0) is 11.8 Å². The van der Waals surface area contributed by atoms with E-state index in [1.54, 1.807) is 45.2 Å². The van der Waals surface area contributed by atoms with Gasteiger partial charge in [-0.15, -0.1) is 0 Å². The molecule has 0 unspecified atom stereocenters. The van der Waals surface area contributed by atoms with Gasteiger partial charge in [-0.05, 0) is 55.8 Å². The third-order valence-corrected chi connectivity index (χ3v) is 7.16. The number of pyridine rings is 1. The highest BCUT2D eigenvalue weighted by molar-refractivity contribution is 6.00. The second kappa shape index (κ2) is 11.7. The average molecular weight is 572 g/mol. The lowest BCUT2D eigenvalue weighted by atomic mass is 10.0. The van der Waals surface area contributed by atoms with Crippen molar-refractivity contribution in [3.63, 3.8) is 0 Å². The summed E-state index contributed by atoms with van der Waals surface area (Å²) in [4.78, 5) is 37.9. The summed E-state index contributed by atoms with van der Waals surface area (Å²) in [5.41, 5.74) is 2.75. The molecule has 0 spiro atoms. The summed E-state index contributed by atoms with van der Waals surface area (Å²) >= 11 is 0. The molecule has 0 radical (unpaired) electrons. The number of benzene rings is 2. The number of nitrogens with one attached hydrogen (secondary N) is 2. The fourth-order valence-corrected chi connectivity index (χ4v) is 5.10. The van der Waals surface area contributed by atoms with Crippen LogP contribution in [0.25, 0.3) is 22.2 Å². The van der Waals surface area contributed by atoms with Crippen LogP contribution in [0, 0.1) is 5.82 Å². The second-order valence-corrected chi connectivity index (χ2v) is 11.0. The Morgan fingerprint density at radius 3 is 2.60 bits per heavy atom. The van der Waals surface area contributed by atoms with Crippen molar-refractivity contribution in [3.05, 3.63) is 83.6 Å². The first-order chi connectivity index (χ1) is 20.0. The van der Waals surface area contributed by atoms with Crippen LogP contribution in [0.1, 0.15) is 13.8 Å². The van der Waals surface area contributed by atoms with Crippen molar-refractivity contribution in [2.45, 2.75) is 19.4 Å². The minimum atomic E-state index is -0.755. The topological polar surface area (TPSA) is 116 Å². The molecule has 42 heavy (non-hydrogen) atoms. The molecule has 0 bridgehead atoms. The normalized spacial score (nSPS) is 14.2. The van der Waals surface area contributed by atoms with Crippen molar-refractivity contribution >= 4 is 40.0 Å². The molecular formula is C31H34FN7O3. The Labute approximate surface area is 243 Å². The molecule has 4 aromatic rings. The highest BCUT2D eigenvalue weighted by Gasteiger charge is 2.23. The van der Waals surface area contributed by atoms with Crippen molar-refractivity contribution in [1.29, 1.82) is 0 Å². The largest absolute Gasteiger partial charge is 0.389 e. The van der Waals surface area contributed by atoms with E-state index < -0.39 is 11.4 Å². The Bertz CT molecular complexity index is 1710. The molecule has 5 rings (SSSR count). The third-order valence-electron chi connectivity index (χ3n) is 7.16. The van der Waals surface area contributed by atoms with Gasteiger partial charge in [-0.3, -0.25) is 14.5 Å². The van der Waals surface area contributed by atoms with E-state index in [-0.39, 0.29) is 23.1 Å². The summed E-state index contributed by atoms with van der Waals surface area (Å²) in [5.74, 6) is -0.623. The molecule has 11 heteroatoms. The molecule has 0 saturated carbocycles. The number of carbonyl (C=O) groups excluding carboxylic acids is 1. The van der Waals surface area contributed by atoms with E-state index >= 15 is 4.39 Å². The van der Waals surface area contributed by atoms with E-state index in [1.807, 2.05) is 12.1 Å². The van der Waals surface area contributed by atoms with Gasteiger partial charge in [0.05, 0.1) is 23.0 Å². The van der Waals surface area contributed by atoms with Gasteiger partial charge < -0.3 is 25.2 Å². The predicted molar refractivity (Wildman–Crippen MR) is 164 cm³/mol. The summed E-state index contributed by atoms with van der Waals surface area (Å²) in [6.45, 7) is 10.7. The minimum absolute atomic E-state index is 0.172. The van der Waals surface area contributed by atoms with Crippen molar-refractivity contribution < 1.29 is 14.3 Å². The maximum absolute atomic E-state index is 15.3. The number of amides is 1. The lowest BCUT2D eigenvalue weighted by Crippen LogP contribution is -2.50. The van der Waals surface area contributed by atoms with Crippen LogP contribution in [0.2, 0.25) is 0 Å². The summed E-state index contributed by atoms with van der Waals surface area (Å²) in [5, 5.41) is 15.8. The number of β-amino-alcohol motifs (C(OH)–C–C–N with tert-alkyl or cyclic N) is 1. The maximum atomic E-state index is 15.3. The van der Waals surface area contributed by atoms with Crippen LogP contribution >= 0.6 is 0 Å². The van der Waals surface area contributed by atoms with Gasteiger partial charge in [0.15, 0.2) is 0 Å². The molecule has 10 nitrogen and oxygen atoms in total. The quantitative estimate of drug-likeness (QED) is 0.273. The number of piperazine rings is 1. The Kier molecular flexibility index (Phi) is 8.06. The van der Waals surface area contributed by atoms with E-state index in [2.05, 4.69) is 37.0 Å². The number of hydrogen-bond acceptors (Lipinski definition) is 8. The van der Waals surface area contributed by atoms with Gasteiger partial charge >= 0.3 is 0 Å². The minimum Gasteiger partial charge on any atom is -0.389 e. The van der Waals surface area contributed by atoms with Gasteiger partial charge in [0, 0.05) is 62.8 Å². The summed E-state index contributed by atoms with van der Waals surface area (Å²) in [7, 11) is 1.63. The molecule has 218 valence electrons. The zero-order valence-corrected chi connectivity index (χ0v) is 23.9. The van der Waals surface area contributed by atoms with Crippen LogP contribution in [-0.4, -0.2) is 68.8 Å². The molecule has 2 aromatic heterocycles. The molecular weight excluding hydrogens is 537 g/mol. The summed E-state index contributed by atoms with van der Waals surface area (Å²) in [6, 6.07) is 13.5. The first-order valence-electron chi connectivity index (χ1n) is 13.7. The van der Waals surface area contributed by atoms with Gasteiger partial charge in [0.1, 0.15) is 11.3 Å². The third kappa shape index (κ3) is 6.48. The van der Waals surface area contributed by atoms with Crippen molar-refractivity contribution in [2.24, 2.45) is 7.05 Å². The number of hydrogen-bond donors (Lipinski definition) is 3. The number of aliphatic hydroxyl groups is 1. The van der Waals surface area contributed by atoms with E-state index in [0.29, 0.717) is 34.4 Å². The molecule has 3 heterocycles. The molecule has 0 aliphatic carbocycles. The highest BCUT2D eigenvalue weighted by atomic mass is 19.1. The van der Waals surface area contributed by atoms with Gasteiger partial charge in [-0.1, -0.05) is 18.7 Å². The zero-order valence-electron chi connectivity index (χ0n) is 23.9. The van der Waals surface area contributed by atoms with E-state index in [4.69, 9.17) is 0 Å². The first-order valence-corrected chi connectivity index (χ1v) is 13.7. The molecule has 1 amide bonds. The van der Waals surface area contributed by atoms with Gasteiger partial charge in [-0.2, -0.15) is 0 Å².